The van der Waals surface area contributed by atoms with Crippen molar-refractivity contribution in [1.29, 1.82) is 0 Å². The maximum atomic E-state index is 12.0. The summed E-state index contributed by atoms with van der Waals surface area (Å²) in [6, 6.07) is 1.47. The molecule has 5 nitrogen and oxygen atoms in total. The molecule has 0 bridgehead atoms. The van der Waals surface area contributed by atoms with Gasteiger partial charge in [0.1, 0.15) is 5.15 Å². The fourth-order valence-electron chi connectivity index (χ4n) is 1.71. The monoisotopic (exact) mass is 288 g/mol. The zero-order valence-corrected chi connectivity index (χ0v) is 11.5. The molecule has 0 atom stereocenters. The van der Waals surface area contributed by atoms with Crippen LogP contribution in [0.15, 0.2) is 12.3 Å². The zero-order chi connectivity index (χ0) is 13.1. The molecular weight excluding hydrogens is 275 g/mol. The summed E-state index contributed by atoms with van der Waals surface area (Å²) < 4.78 is 0. The van der Waals surface area contributed by atoms with Crippen LogP contribution in [0.1, 0.15) is 10.4 Å². The highest BCUT2D eigenvalue weighted by atomic mass is 35.5. The first-order chi connectivity index (χ1) is 8.56. The van der Waals surface area contributed by atoms with Gasteiger partial charge in [-0.25, -0.2) is 9.99 Å². The number of nitrogens with zero attached hydrogens (tertiary/aromatic N) is 3. The summed E-state index contributed by atoms with van der Waals surface area (Å²) in [5, 5.41) is 2.43. The van der Waals surface area contributed by atoms with Crippen molar-refractivity contribution in [2.45, 2.75) is 0 Å². The Morgan fingerprint density at radius 2 is 2.00 bits per heavy atom. The van der Waals surface area contributed by atoms with E-state index in [4.69, 9.17) is 23.2 Å². The third-order valence-electron chi connectivity index (χ3n) is 2.83. The van der Waals surface area contributed by atoms with Crippen LogP contribution in [0.3, 0.4) is 0 Å². The number of rotatable bonds is 2. The zero-order valence-electron chi connectivity index (χ0n) is 9.99. The minimum Gasteiger partial charge on any atom is -0.304 e. The van der Waals surface area contributed by atoms with Crippen molar-refractivity contribution in [2.24, 2.45) is 0 Å². The van der Waals surface area contributed by atoms with Crippen LogP contribution in [0.2, 0.25) is 10.2 Å². The molecule has 1 N–H and O–H groups in total. The van der Waals surface area contributed by atoms with Crippen molar-refractivity contribution in [3.63, 3.8) is 0 Å². The number of piperazine rings is 1. The molecule has 1 aliphatic heterocycles. The number of hydrogen-bond donors (Lipinski definition) is 1. The second-order valence-corrected chi connectivity index (χ2v) is 5.01. The van der Waals surface area contributed by atoms with Crippen LogP contribution in [-0.2, 0) is 0 Å². The molecule has 2 heterocycles. The number of carbonyl (C=O) groups is 1. The van der Waals surface area contributed by atoms with E-state index < -0.39 is 0 Å². The fraction of sp³-hybridized carbons (Fsp3) is 0.455. The van der Waals surface area contributed by atoms with E-state index in [0.29, 0.717) is 10.6 Å². The highest BCUT2D eigenvalue weighted by molar-refractivity contribution is 6.35. The SMILES string of the molecule is CN1CCN(NC(=O)c2cc(Cl)ncc2Cl)CC1. The van der Waals surface area contributed by atoms with Crippen LogP contribution in [0, 0.1) is 0 Å². The fourth-order valence-corrected chi connectivity index (χ4v) is 2.06. The van der Waals surface area contributed by atoms with Gasteiger partial charge >= 0.3 is 0 Å². The Bertz CT molecular complexity index is 447. The van der Waals surface area contributed by atoms with Gasteiger partial charge in [0.2, 0.25) is 0 Å². The van der Waals surface area contributed by atoms with Crippen molar-refractivity contribution in [3.8, 4) is 0 Å². The van der Waals surface area contributed by atoms with E-state index in [1.165, 1.54) is 12.3 Å². The number of halogens is 2. The van der Waals surface area contributed by atoms with E-state index >= 15 is 0 Å². The van der Waals surface area contributed by atoms with Gasteiger partial charge in [0, 0.05) is 32.4 Å². The average molecular weight is 289 g/mol. The average Bonchev–Trinajstić information content (AvgIpc) is 2.35. The minimum atomic E-state index is -0.256. The molecular formula is C11H14Cl2N4O. The standard InChI is InChI=1S/C11H14Cl2N4O/c1-16-2-4-17(5-3-16)15-11(18)8-6-10(13)14-7-9(8)12/h6-7H,2-5H2,1H3,(H,15,18). The smallest absolute Gasteiger partial charge is 0.267 e. The molecule has 1 fully saturated rings. The van der Waals surface area contributed by atoms with Crippen LogP contribution in [-0.4, -0.2) is 54.0 Å². The number of likely N-dealkylation sites (N-methyl/N-ethyl adjacent to an activating group) is 1. The van der Waals surface area contributed by atoms with E-state index in [2.05, 4.69) is 22.4 Å². The molecule has 0 aromatic carbocycles. The van der Waals surface area contributed by atoms with Crippen LogP contribution >= 0.6 is 23.2 Å². The number of hydrazine groups is 1. The molecule has 7 heteroatoms. The topological polar surface area (TPSA) is 48.5 Å². The lowest BCUT2D eigenvalue weighted by atomic mass is 10.2. The summed E-state index contributed by atoms with van der Waals surface area (Å²) in [6.07, 6.45) is 1.38. The van der Waals surface area contributed by atoms with Crippen molar-refractivity contribution in [1.82, 2.24) is 20.3 Å². The number of amides is 1. The molecule has 0 spiro atoms. The van der Waals surface area contributed by atoms with Crippen molar-refractivity contribution in [2.75, 3.05) is 33.2 Å². The van der Waals surface area contributed by atoms with Crippen molar-refractivity contribution >= 4 is 29.1 Å². The Morgan fingerprint density at radius 1 is 1.33 bits per heavy atom. The summed E-state index contributed by atoms with van der Waals surface area (Å²) in [5.74, 6) is -0.256. The molecule has 0 saturated carbocycles. The van der Waals surface area contributed by atoms with Crippen molar-refractivity contribution in [3.05, 3.63) is 28.0 Å². The second kappa shape index (κ2) is 5.84. The molecule has 1 aromatic heterocycles. The highest BCUT2D eigenvalue weighted by Crippen LogP contribution is 2.18. The molecule has 1 amide bonds. The van der Waals surface area contributed by atoms with E-state index in [-0.39, 0.29) is 11.1 Å². The van der Waals surface area contributed by atoms with Crippen molar-refractivity contribution < 1.29 is 4.79 Å². The van der Waals surface area contributed by atoms with Gasteiger partial charge in [-0.3, -0.25) is 10.2 Å². The van der Waals surface area contributed by atoms with Gasteiger partial charge in [-0.15, -0.1) is 0 Å². The van der Waals surface area contributed by atoms with E-state index in [9.17, 15) is 4.79 Å². The second-order valence-electron chi connectivity index (χ2n) is 4.22. The third-order valence-corrected chi connectivity index (χ3v) is 3.34. The van der Waals surface area contributed by atoms with E-state index in [0.717, 1.165) is 26.2 Å². The summed E-state index contributed by atoms with van der Waals surface area (Å²) in [5.41, 5.74) is 3.16. The number of carbonyl (C=O) groups excluding carboxylic acids is 1. The van der Waals surface area contributed by atoms with Crippen LogP contribution in [0.4, 0.5) is 0 Å². The van der Waals surface area contributed by atoms with Gasteiger partial charge in [0.15, 0.2) is 0 Å². The normalized spacial score (nSPS) is 17.7. The summed E-state index contributed by atoms with van der Waals surface area (Å²) in [7, 11) is 2.05. The summed E-state index contributed by atoms with van der Waals surface area (Å²) in [6.45, 7) is 3.42. The molecule has 1 saturated heterocycles. The molecule has 0 radical (unpaired) electrons. The first-order valence-corrected chi connectivity index (χ1v) is 6.37. The Kier molecular flexibility index (Phi) is 4.40. The summed E-state index contributed by atoms with van der Waals surface area (Å²) in [4.78, 5) is 18.0. The predicted molar refractivity (Wildman–Crippen MR) is 70.8 cm³/mol. The first kappa shape index (κ1) is 13.5. The summed E-state index contributed by atoms with van der Waals surface area (Å²) >= 11 is 11.7. The molecule has 0 aliphatic carbocycles. The molecule has 18 heavy (non-hydrogen) atoms. The van der Waals surface area contributed by atoms with E-state index in [1.54, 1.807) is 0 Å². The van der Waals surface area contributed by atoms with E-state index in [1.807, 2.05) is 5.01 Å². The lowest BCUT2D eigenvalue weighted by Gasteiger charge is -2.32. The maximum Gasteiger partial charge on any atom is 0.267 e. The van der Waals surface area contributed by atoms with Gasteiger partial charge in [-0.05, 0) is 13.1 Å². The predicted octanol–water partition coefficient (Wildman–Crippen LogP) is 1.28. The Morgan fingerprint density at radius 3 is 2.67 bits per heavy atom. The number of hydrogen-bond acceptors (Lipinski definition) is 4. The molecule has 2 rings (SSSR count). The number of aromatic nitrogens is 1. The van der Waals surface area contributed by atoms with Gasteiger partial charge in [0.25, 0.3) is 5.91 Å². The lowest BCUT2D eigenvalue weighted by molar-refractivity contribution is 0.0662. The molecule has 1 aliphatic rings. The minimum absolute atomic E-state index is 0.253. The largest absolute Gasteiger partial charge is 0.304 e. The van der Waals surface area contributed by atoms with Crippen LogP contribution in [0.5, 0.6) is 0 Å². The molecule has 1 aromatic rings. The third kappa shape index (κ3) is 3.32. The quantitative estimate of drug-likeness (QED) is 0.833. The Hall–Kier alpha value is -0.880. The van der Waals surface area contributed by atoms with Crippen LogP contribution < -0.4 is 5.43 Å². The Labute approximate surface area is 116 Å². The van der Waals surface area contributed by atoms with Gasteiger partial charge in [0.05, 0.1) is 10.6 Å². The maximum absolute atomic E-state index is 12.0. The van der Waals surface area contributed by atoms with Gasteiger partial charge in [-0.1, -0.05) is 23.2 Å². The molecule has 0 unspecified atom stereocenters. The first-order valence-electron chi connectivity index (χ1n) is 5.62. The molecule has 98 valence electrons. The van der Waals surface area contributed by atoms with Gasteiger partial charge in [-0.2, -0.15) is 0 Å². The Balaban J connectivity index is 2.01. The lowest BCUT2D eigenvalue weighted by Crippen LogP contribution is -2.52. The van der Waals surface area contributed by atoms with Gasteiger partial charge < -0.3 is 4.90 Å². The highest BCUT2D eigenvalue weighted by Gasteiger charge is 2.18. The van der Waals surface area contributed by atoms with Crippen LogP contribution in [0.25, 0.3) is 0 Å². The number of pyridine rings is 1. The number of nitrogens with one attached hydrogen (secondary N) is 1.